The van der Waals surface area contributed by atoms with Gasteiger partial charge in [0.15, 0.2) is 0 Å². The van der Waals surface area contributed by atoms with Crippen LogP contribution < -0.4 is 5.32 Å². The minimum absolute atomic E-state index is 0.0312. The Balaban J connectivity index is 1.77. The number of aliphatic carboxylic acids is 1. The second-order valence-corrected chi connectivity index (χ2v) is 5.88. The first-order valence-electron chi connectivity index (χ1n) is 9.01. The van der Waals surface area contributed by atoms with Gasteiger partial charge < -0.3 is 15.2 Å². The van der Waals surface area contributed by atoms with Crippen LogP contribution in [-0.4, -0.2) is 29.3 Å². The molecule has 3 rings (SSSR count). The van der Waals surface area contributed by atoms with Gasteiger partial charge in [0.2, 0.25) is 0 Å². The molecule has 124 valence electrons. The number of carboxylic acids is 1. The standard InChI is InChI=1S/C19H19NO4/c1-19(2,17(21)22)20-18(23)24-11-16-14-9-5-3-7-12(14)13-8-4-6-10-15(13)16/h3-10,16H,11H2,1-2H3,(H,20,23)(H,21,22)/i1D3. The summed E-state index contributed by atoms with van der Waals surface area (Å²) in [6.07, 6.45) is -1.09. The molecule has 1 amide bonds. The van der Waals surface area contributed by atoms with Crippen LogP contribution >= 0.6 is 0 Å². The maximum Gasteiger partial charge on any atom is 0.408 e. The van der Waals surface area contributed by atoms with Crippen LogP contribution in [-0.2, 0) is 9.53 Å². The molecule has 0 heterocycles. The van der Waals surface area contributed by atoms with E-state index in [4.69, 9.17) is 8.85 Å². The molecule has 0 aliphatic heterocycles. The summed E-state index contributed by atoms with van der Waals surface area (Å²) in [4.78, 5) is 23.5. The van der Waals surface area contributed by atoms with E-state index < -0.39 is 24.5 Å². The number of hydrogen-bond acceptors (Lipinski definition) is 3. The van der Waals surface area contributed by atoms with Gasteiger partial charge in [-0.1, -0.05) is 48.5 Å². The number of ether oxygens (including phenoxy) is 1. The zero-order valence-corrected chi connectivity index (χ0v) is 13.1. The summed E-state index contributed by atoms with van der Waals surface area (Å²) >= 11 is 0. The minimum Gasteiger partial charge on any atom is -0.480 e. The third-order valence-electron chi connectivity index (χ3n) is 4.12. The average Bonchev–Trinajstić information content (AvgIpc) is 2.93. The van der Waals surface area contributed by atoms with Gasteiger partial charge in [0.05, 0.1) is 0 Å². The highest BCUT2D eigenvalue weighted by atomic mass is 16.5. The molecule has 0 saturated carbocycles. The predicted octanol–water partition coefficient (Wildman–Crippen LogP) is 3.39. The van der Waals surface area contributed by atoms with Crippen LogP contribution in [0.1, 0.15) is 34.9 Å². The lowest BCUT2D eigenvalue weighted by Crippen LogP contribution is -2.50. The van der Waals surface area contributed by atoms with Crippen molar-refractivity contribution in [3.8, 4) is 11.1 Å². The number of amides is 1. The largest absolute Gasteiger partial charge is 0.480 e. The van der Waals surface area contributed by atoms with Gasteiger partial charge in [-0.25, -0.2) is 9.59 Å². The quantitative estimate of drug-likeness (QED) is 0.902. The van der Waals surface area contributed by atoms with Crippen molar-refractivity contribution >= 4 is 12.1 Å². The zero-order valence-electron chi connectivity index (χ0n) is 16.1. The molecule has 1 unspecified atom stereocenters. The van der Waals surface area contributed by atoms with Crippen LogP contribution in [0.5, 0.6) is 0 Å². The maximum atomic E-state index is 12.1. The van der Waals surface area contributed by atoms with Crippen molar-refractivity contribution in [3.05, 3.63) is 59.7 Å². The number of rotatable bonds is 4. The summed E-state index contributed by atoms with van der Waals surface area (Å²) in [6.45, 7) is -2.02. The van der Waals surface area contributed by atoms with E-state index in [2.05, 4.69) is 0 Å². The normalized spacial score (nSPS) is 17.5. The lowest BCUT2D eigenvalue weighted by molar-refractivity contribution is -0.143. The summed E-state index contributed by atoms with van der Waals surface area (Å²) in [7, 11) is 0. The number of carbonyl (C=O) groups excluding carboxylic acids is 1. The van der Waals surface area contributed by atoms with Crippen LogP contribution in [0.2, 0.25) is 0 Å². The molecule has 0 fully saturated rings. The van der Waals surface area contributed by atoms with Crippen molar-refractivity contribution in [2.75, 3.05) is 6.61 Å². The molecule has 5 heteroatoms. The molecule has 2 aromatic carbocycles. The molecule has 24 heavy (non-hydrogen) atoms. The SMILES string of the molecule is [2H]C([2H])([2H])C(C)(NC(=O)OCC1c2ccccc2-c2ccccc21)C(=O)O. The Hall–Kier alpha value is -2.82. The van der Waals surface area contributed by atoms with Crippen LogP contribution in [0.15, 0.2) is 48.5 Å². The first kappa shape index (κ1) is 12.6. The molecule has 2 aromatic rings. The van der Waals surface area contributed by atoms with E-state index >= 15 is 0 Å². The summed E-state index contributed by atoms with van der Waals surface area (Å²) in [5.41, 5.74) is 1.68. The van der Waals surface area contributed by atoms with Crippen molar-refractivity contribution in [3.63, 3.8) is 0 Å². The Morgan fingerprint density at radius 2 is 1.71 bits per heavy atom. The molecule has 1 aliphatic rings. The highest BCUT2D eigenvalue weighted by Gasteiger charge is 2.32. The summed E-state index contributed by atoms with van der Waals surface area (Å²) < 4.78 is 27.4. The molecular weight excluding hydrogens is 306 g/mol. The minimum atomic E-state index is -2.93. The first-order chi connectivity index (χ1) is 12.6. The summed E-state index contributed by atoms with van der Waals surface area (Å²) in [5, 5.41) is 11.2. The van der Waals surface area contributed by atoms with Crippen molar-refractivity contribution < 1.29 is 23.5 Å². The van der Waals surface area contributed by atoms with E-state index in [0.717, 1.165) is 29.2 Å². The Morgan fingerprint density at radius 3 is 2.21 bits per heavy atom. The number of fused-ring (bicyclic) bond motifs is 3. The third-order valence-corrected chi connectivity index (χ3v) is 4.12. The van der Waals surface area contributed by atoms with Gasteiger partial charge in [0.25, 0.3) is 0 Å². The van der Waals surface area contributed by atoms with Crippen LogP contribution in [0.4, 0.5) is 4.79 Å². The fourth-order valence-corrected chi connectivity index (χ4v) is 2.89. The van der Waals surface area contributed by atoms with Crippen LogP contribution in [0, 0.1) is 0 Å². The molecule has 0 radical (unpaired) electrons. The van der Waals surface area contributed by atoms with Gasteiger partial charge in [0, 0.05) is 10.0 Å². The van der Waals surface area contributed by atoms with E-state index in [0.29, 0.717) is 0 Å². The van der Waals surface area contributed by atoms with E-state index in [1.165, 1.54) is 0 Å². The molecule has 0 spiro atoms. The van der Waals surface area contributed by atoms with E-state index in [1.807, 2.05) is 53.8 Å². The smallest absolute Gasteiger partial charge is 0.408 e. The van der Waals surface area contributed by atoms with E-state index in [9.17, 15) is 14.7 Å². The van der Waals surface area contributed by atoms with Crippen molar-refractivity contribution in [1.29, 1.82) is 0 Å². The molecule has 1 atom stereocenters. The topological polar surface area (TPSA) is 75.6 Å². The molecule has 2 N–H and O–H groups in total. The Kier molecular flexibility index (Phi) is 3.15. The second-order valence-electron chi connectivity index (χ2n) is 5.88. The van der Waals surface area contributed by atoms with Crippen LogP contribution in [0.25, 0.3) is 11.1 Å². The number of hydrogen-bond donors (Lipinski definition) is 2. The number of nitrogens with one attached hydrogen (secondary N) is 1. The maximum absolute atomic E-state index is 12.1. The molecule has 0 saturated heterocycles. The van der Waals surface area contributed by atoms with Crippen molar-refractivity contribution in [1.82, 2.24) is 5.32 Å². The monoisotopic (exact) mass is 328 g/mol. The second kappa shape index (κ2) is 6.00. The fraction of sp³-hybridized carbons (Fsp3) is 0.263. The number of benzene rings is 2. The van der Waals surface area contributed by atoms with Gasteiger partial charge in [-0.05, 0) is 36.0 Å². The number of carbonyl (C=O) groups is 2. The summed E-state index contributed by atoms with van der Waals surface area (Å²) in [6, 6.07) is 15.5. The zero-order chi connectivity index (χ0) is 19.8. The number of alkyl carbamates (subject to hydrolysis) is 1. The third kappa shape index (κ3) is 2.85. The first-order valence-corrected chi connectivity index (χ1v) is 7.51. The van der Waals surface area contributed by atoms with Crippen LogP contribution in [0.3, 0.4) is 0 Å². The highest BCUT2D eigenvalue weighted by Crippen LogP contribution is 2.44. The van der Waals surface area contributed by atoms with Gasteiger partial charge >= 0.3 is 12.1 Å². The lowest BCUT2D eigenvalue weighted by Gasteiger charge is -2.21. The van der Waals surface area contributed by atoms with Crippen molar-refractivity contribution in [2.45, 2.75) is 25.2 Å². The summed E-state index contributed by atoms with van der Waals surface area (Å²) in [5.74, 6) is -1.86. The molecular formula is C19H19NO4. The highest BCUT2D eigenvalue weighted by molar-refractivity contribution is 5.83. The molecule has 1 aliphatic carbocycles. The molecule has 5 nitrogen and oxygen atoms in total. The predicted molar refractivity (Wildman–Crippen MR) is 89.9 cm³/mol. The van der Waals surface area contributed by atoms with Gasteiger partial charge in [-0.2, -0.15) is 0 Å². The number of carboxylic acid groups (broad SMARTS) is 1. The molecule has 0 aromatic heterocycles. The molecule has 0 bridgehead atoms. The van der Waals surface area contributed by atoms with E-state index in [-0.39, 0.29) is 12.5 Å². The lowest BCUT2D eigenvalue weighted by atomic mass is 9.98. The fourth-order valence-electron chi connectivity index (χ4n) is 2.89. The van der Waals surface area contributed by atoms with E-state index in [1.54, 1.807) is 0 Å². The Bertz CT molecular complexity index is 851. The Labute approximate surface area is 144 Å². The van der Waals surface area contributed by atoms with Crippen molar-refractivity contribution in [2.24, 2.45) is 0 Å². The Morgan fingerprint density at radius 1 is 1.17 bits per heavy atom. The van der Waals surface area contributed by atoms with Gasteiger partial charge in [0.1, 0.15) is 12.1 Å². The average molecular weight is 328 g/mol. The van der Waals surface area contributed by atoms with Gasteiger partial charge in [-0.15, -0.1) is 0 Å². The van der Waals surface area contributed by atoms with Gasteiger partial charge in [-0.3, -0.25) is 0 Å².